The van der Waals surface area contributed by atoms with E-state index in [-0.39, 0.29) is 16.7 Å². The first-order chi connectivity index (χ1) is 9.92. The fraction of sp³-hybridized carbons (Fsp3) is 0.562. The molecule has 2 N–H and O–H groups in total. The Labute approximate surface area is 133 Å². The molecule has 124 valence electrons. The van der Waals surface area contributed by atoms with Crippen molar-refractivity contribution in [2.75, 3.05) is 0 Å². The van der Waals surface area contributed by atoms with Crippen LogP contribution in [0.15, 0.2) is 29.2 Å². The van der Waals surface area contributed by atoms with Crippen molar-refractivity contribution in [1.82, 2.24) is 10.0 Å². The first-order valence-electron chi connectivity index (χ1n) is 7.33. The number of carbonyl (C=O) groups excluding carboxylic acids is 1. The minimum absolute atomic E-state index is 0.160. The third-order valence-electron chi connectivity index (χ3n) is 3.06. The lowest BCUT2D eigenvalue weighted by atomic mass is 10.0. The zero-order valence-electron chi connectivity index (χ0n) is 14.1. The van der Waals surface area contributed by atoms with Gasteiger partial charge in [0.05, 0.1) is 4.90 Å². The standard InChI is InChI=1S/C16H26N2O3S/c1-11(2)14(15(19)17-16(4,5)6)18-22(20,21)13-9-7-12(3)8-10-13/h7-11,14,18H,1-6H3,(H,17,19). The topological polar surface area (TPSA) is 75.3 Å². The maximum absolute atomic E-state index is 12.4. The van der Waals surface area contributed by atoms with E-state index in [4.69, 9.17) is 0 Å². The van der Waals surface area contributed by atoms with Crippen LogP contribution in [0.3, 0.4) is 0 Å². The van der Waals surface area contributed by atoms with E-state index in [1.807, 2.05) is 41.5 Å². The summed E-state index contributed by atoms with van der Waals surface area (Å²) in [6, 6.07) is 5.72. The summed E-state index contributed by atoms with van der Waals surface area (Å²) >= 11 is 0. The van der Waals surface area contributed by atoms with Gasteiger partial charge in [0.15, 0.2) is 0 Å². The average Bonchev–Trinajstić information content (AvgIpc) is 2.34. The molecule has 1 aromatic rings. The van der Waals surface area contributed by atoms with Gasteiger partial charge in [0, 0.05) is 5.54 Å². The molecule has 22 heavy (non-hydrogen) atoms. The second-order valence-corrected chi connectivity index (χ2v) is 8.61. The highest BCUT2D eigenvalue weighted by Crippen LogP contribution is 2.13. The molecule has 1 aromatic carbocycles. The van der Waals surface area contributed by atoms with Crippen molar-refractivity contribution in [2.45, 2.75) is 58.0 Å². The summed E-state index contributed by atoms with van der Waals surface area (Å²) in [6.07, 6.45) is 0. The molecule has 0 aliphatic heterocycles. The Morgan fingerprint density at radius 3 is 2.00 bits per heavy atom. The second kappa shape index (κ2) is 6.79. The van der Waals surface area contributed by atoms with Gasteiger partial charge < -0.3 is 5.32 Å². The summed E-state index contributed by atoms with van der Waals surface area (Å²) in [5.74, 6) is -0.485. The maximum atomic E-state index is 12.4. The highest BCUT2D eigenvalue weighted by molar-refractivity contribution is 7.89. The van der Waals surface area contributed by atoms with Gasteiger partial charge in [0.25, 0.3) is 0 Å². The number of aryl methyl sites for hydroxylation is 1. The minimum atomic E-state index is -3.73. The van der Waals surface area contributed by atoms with E-state index in [1.165, 1.54) is 12.1 Å². The van der Waals surface area contributed by atoms with E-state index in [0.717, 1.165) is 5.56 Å². The van der Waals surface area contributed by atoms with Crippen molar-refractivity contribution in [1.29, 1.82) is 0 Å². The molecule has 1 rings (SSSR count). The van der Waals surface area contributed by atoms with Crippen molar-refractivity contribution < 1.29 is 13.2 Å². The van der Waals surface area contributed by atoms with Gasteiger partial charge in [0.1, 0.15) is 6.04 Å². The normalized spacial score (nSPS) is 14.0. The molecular formula is C16H26N2O3S. The number of hydrogen-bond acceptors (Lipinski definition) is 3. The van der Waals surface area contributed by atoms with E-state index in [0.29, 0.717) is 0 Å². The maximum Gasteiger partial charge on any atom is 0.241 e. The predicted octanol–water partition coefficient (Wildman–Crippen LogP) is 2.21. The lowest BCUT2D eigenvalue weighted by Gasteiger charge is -2.27. The molecule has 0 radical (unpaired) electrons. The van der Waals surface area contributed by atoms with Gasteiger partial charge in [-0.25, -0.2) is 8.42 Å². The van der Waals surface area contributed by atoms with Crippen molar-refractivity contribution in [3.05, 3.63) is 29.8 Å². The van der Waals surface area contributed by atoms with Gasteiger partial charge in [0.2, 0.25) is 15.9 Å². The van der Waals surface area contributed by atoms with E-state index in [1.54, 1.807) is 12.1 Å². The van der Waals surface area contributed by atoms with Crippen LogP contribution in [0, 0.1) is 12.8 Å². The molecule has 0 spiro atoms. The van der Waals surface area contributed by atoms with Crippen molar-refractivity contribution in [3.8, 4) is 0 Å². The van der Waals surface area contributed by atoms with E-state index < -0.39 is 21.6 Å². The Bertz CT molecular complexity index is 614. The molecule has 6 heteroatoms. The molecule has 5 nitrogen and oxygen atoms in total. The minimum Gasteiger partial charge on any atom is -0.350 e. The summed E-state index contributed by atoms with van der Waals surface area (Å²) in [5.41, 5.74) is 0.560. The van der Waals surface area contributed by atoms with Gasteiger partial charge >= 0.3 is 0 Å². The average molecular weight is 326 g/mol. The van der Waals surface area contributed by atoms with Crippen LogP contribution < -0.4 is 10.0 Å². The Kier molecular flexibility index (Phi) is 5.76. The first kappa shape index (κ1) is 18.6. The van der Waals surface area contributed by atoms with E-state index in [2.05, 4.69) is 10.0 Å². The number of sulfonamides is 1. The van der Waals surface area contributed by atoms with Crippen LogP contribution in [-0.4, -0.2) is 25.9 Å². The Morgan fingerprint density at radius 1 is 1.09 bits per heavy atom. The zero-order valence-corrected chi connectivity index (χ0v) is 14.9. The van der Waals surface area contributed by atoms with Crippen LogP contribution >= 0.6 is 0 Å². The molecule has 0 saturated carbocycles. The van der Waals surface area contributed by atoms with Crippen LogP contribution in [-0.2, 0) is 14.8 Å². The van der Waals surface area contributed by atoms with Crippen LogP contribution in [0.4, 0.5) is 0 Å². The molecule has 0 aromatic heterocycles. The molecule has 1 amide bonds. The SMILES string of the molecule is Cc1ccc(S(=O)(=O)NC(C(=O)NC(C)(C)C)C(C)C)cc1. The van der Waals surface area contributed by atoms with E-state index in [9.17, 15) is 13.2 Å². The number of nitrogens with one attached hydrogen (secondary N) is 2. The highest BCUT2D eigenvalue weighted by Gasteiger charge is 2.30. The Hall–Kier alpha value is -1.40. The summed E-state index contributed by atoms with van der Waals surface area (Å²) in [5, 5.41) is 2.82. The lowest BCUT2D eigenvalue weighted by molar-refractivity contribution is -0.125. The van der Waals surface area contributed by atoms with Crippen LogP contribution in [0.5, 0.6) is 0 Å². The number of carbonyl (C=O) groups is 1. The molecule has 1 atom stereocenters. The van der Waals surface area contributed by atoms with Gasteiger partial charge in [-0.1, -0.05) is 31.5 Å². The van der Waals surface area contributed by atoms with Crippen molar-refractivity contribution in [3.63, 3.8) is 0 Å². The van der Waals surface area contributed by atoms with Crippen LogP contribution in [0.1, 0.15) is 40.2 Å². The van der Waals surface area contributed by atoms with Crippen LogP contribution in [0.2, 0.25) is 0 Å². The van der Waals surface area contributed by atoms with Gasteiger partial charge in [-0.2, -0.15) is 4.72 Å². The monoisotopic (exact) mass is 326 g/mol. The number of rotatable bonds is 5. The molecule has 0 aliphatic rings. The zero-order chi connectivity index (χ0) is 17.1. The molecule has 0 heterocycles. The van der Waals surface area contributed by atoms with Gasteiger partial charge in [-0.3, -0.25) is 4.79 Å². The number of amides is 1. The second-order valence-electron chi connectivity index (χ2n) is 6.90. The smallest absolute Gasteiger partial charge is 0.241 e. The molecule has 0 bridgehead atoms. The van der Waals surface area contributed by atoms with E-state index >= 15 is 0 Å². The quantitative estimate of drug-likeness (QED) is 0.871. The summed E-state index contributed by atoms with van der Waals surface area (Å²) < 4.78 is 27.4. The summed E-state index contributed by atoms with van der Waals surface area (Å²) in [4.78, 5) is 12.5. The fourth-order valence-corrected chi connectivity index (χ4v) is 3.24. The number of hydrogen-bond donors (Lipinski definition) is 2. The largest absolute Gasteiger partial charge is 0.350 e. The Morgan fingerprint density at radius 2 is 1.59 bits per heavy atom. The first-order valence-corrected chi connectivity index (χ1v) is 8.82. The molecule has 0 fully saturated rings. The van der Waals surface area contributed by atoms with Crippen molar-refractivity contribution in [2.24, 2.45) is 5.92 Å². The number of benzene rings is 1. The van der Waals surface area contributed by atoms with Gasteiger partial charge in [-0.15, -0.1) is 0 Å². The Balaban J connectivity index is 3.00. The lowest BCUT2D eigenvalue weighted by Crippen LogP contribution is -2.54. The summed E-state index contributed by atoms with van der Waals surface area (Å²) in [6.45, 7) is 11.1. The highest BCUT2D eigenvalue weighted by atomic mass is 32.2. The molecular weight excluding hydrogens is 300 g/mol. The van der Waals surface area contributed by atoms with Crippen LogP contribution in [0.25, 0.3) is 0 Å². The van der Waals surface area contributed by atoms with Crippen molar-refractivity contribution >= 4 is 15.9 Å². The fourth-order valence-electron chi connectivity index (χ4n) is 1.89. The predicted molar refractivity (Wildman–Crippen MR) is 88.0 cm³/mol. The molecule has 0 aliphatic carbocycles. The molecule has 0 saturated heterocycles. The molecule has 1 unspecified atom stereocenters. The summed E-state index contributed by atoms with van der Waals surface area (Å²) in [7, 11) is -3.73. The third-order valence-corrected chi connectivity index (χ3v) is 4.52. The van der Waals surface area contributed by atoms with Gasteiger partial charge in [-0.05, 0) is 45.7 Å². The third kappa shape index (κ3) is 5.42.